The topological polar surface area (TPSA) is 58.9 Å². The second kappa shape index (κ2) is 6.60. The number of hydrogen-bond donors (Lipinski definition) is 0. The van der Waals surface area contributed by atoms with Crippen LogP contribution in [0, 0.1) is 27.7 Å². The Balaban J connectivity index is 2.16. The van der Waals surface area contributed by atoms with Gasteiger partial charge in [0.1, 0.15) is 0 Å². The maximum absolute atomic E-state index is 11.2. The highest BCUT2D eigenvalue weighted by atomic mass is 16.1. The lowest BCUT2D eigenvalue weighted by molar-refractivity contribution is 0.349. The van der Waals surface area contributed by atoms with Gasteiger partial charge in [0, 0.05) is 5.41 Å². The summed E-state index contributed by atoms with van der Waals surface area (Å²) in [5.41, 5.74) is 10.7. The molecule has 0 saturated carbocycles. The van der Waals surface area contributed by atoms with Crippen LogP contribution in [-0.4, -0.2) is 12.2 Å². The summed E-state index contributed by atoms with van der Waals surface area (Å²) in [6.07, 6.45) is 5.46. The smallest absolute Gasteiger partial charge is 0.211 e. The van der Waals surface area contributed by atoms with E-state index in [1.807, 2.05) is 13.8 Å². The van der Waals surface area contributed by atoms with Gasteiger partial charge in [-0.05, 0) is 95.9 Å². The average molecular weight is 415 g/mol. The quantitative estimate of drug-likeness (QED) is 0.416. The Labute approximate surface area is 184 Å². The van der Waals surface area contributed by atoms with Crippen molar-refractivity contribution >= 4 is 23.5 Å². The number of isocyanates is 2. The van der Waals surface area contributed by atoms with Crippen molar-refractivity contribution in [2.45, 2.75) is 84.5 Å². The number of rotatable bonds is 2. The van der Waals surface area contributed by atoms with E-state index in [0.29, 0.717) is 0 Å². The van der Waals surface area contributed by atoms with E-state index < -0.39 is 0 Å². The molecule has 1 spiro atoms. The zero-order valence-corrected chi connectivity index (χ0v) is 19.8. The molecule has 31 heavy (non-hydrogen) atoms. The van der Waals surface area contributed by atoms with Crippen molar-refractivity contribution in [1.29, 1.82) is 0 Å². The molecule has 0 amide bonds. The largest absolute Gasteiger partial charge is 0.240 e. The molecule has 0 radical (unpaired) electrons. The van der Waals surface area contributed by atoms with Crippen LogP contribution in [0.5, 0.6) is 0 Å². The van der Waals surface area contributed by atoms with Crippen molar-refractivity contribution in [2.24, 2.45) is 9.98 Å². The van der Waals surface area contributed by atoms with Gasteiger partial charge in [-0.15, -0.1) is 0 Å². The highest BCUT2D eigenvalue weighted by molar-refractivity contribution is 5.73. The minimum absolute atomic E-state index is 0.00655. The van der Waals surface area contributed by atoms with Crippen LogP contribution in [0.15, 0.2) is 22.1 Å². The van der Waals surface area contributed by atoms with Gasteiger partial charge in [0.15, 0.2) is 0 Å². The maximum Gasteiger partial charge on any atom is 0.240 e. The maximum atomic E-state index is 11.2. The first kappa shape index (κ1) is 21.4. The van der Waals surface area contributed by atoms with Crippen LogP contribution in [0.3, 0.4) is 0 Å². The van der Waals surface area contributed by atoms with E-state index in [1.165, 1.54) is 22.3 Å². The van der Waals surface area contributed by atoms with Crippen molar-refractivity contribution in [3.63, 3.8) is 0 Å². The summed E-state index contributed by atoms with van der Waals surface area (Å²) in [5, 5.41) is 0. The molecule has 0 saturated heterocycles. The highest BCUT2D eigenvalue weighted by Crippen LogP contribution is 2.65. The van der Waals surface area contributed by atoms with Crippen LogP contribution < -0.4 is 0 Å². The Hall–Kier alpha value is -2.80. The fraction of sp³-hybridized carbons (Fsp3) is 0.481. The molecule has 0 N–H and O–H groups in total. The van der Waals surface area contributed by atoms with Crippen LogP contribution in [0.25, 0.3) is 0 Å². The molecule has 1 unspecified atom stereocenters. The number of fused-ring (bicyclic) bond motifs is 4. The van der Waals surface area contributed by atoms with Gasteiger partial charge in [-0.1, -0.05) is 39.8 Å². The summed E-state index contributed by atoms with van der Waals surface area (Å²) in [6.45, 7) is 17.4. The Bertz CT molecular complexity index is 1240. The Morgan fingerprint density at radius 2 is 1.16 bits per heavy atom. The van der Waals surface area contributed by atoms with E-state index in [-0.39, 0.29) is 16.2 Å². The lowest BCUT2D eigenvalue weighted by Gasteiger charge is -2.32. The molecular weight excluding hydrogens is 384 g/mol. The molecule has 1 atom stereocenters. The van der Waals surface area contributed by atoms with Gasteiger partial charge >= 0.3 is 0 Å². The van der Waals surface area contributed by atoms with E-state index in [4.69, 9.17) is 0 Å². The first-order valence-corrected chi connectivity index (χ1v) is 10.9. The molecule has 2 aromatic rings. The fourth-order valence-corrected chi connectivity index (χ4v) is 7.04. The van der Waals surface area contributed by atoms with Crippen LogP contribution in [0.4, 0.5) is 11.4 Å². The monoisotopic (exact) mass is 414 g/mol. The van der Waals surface area contributed by atoms with Crippen molar-refractivity contribution in [3.05, 3.63) is 56.6 Å². The van der Waals surface area contributed by atoms with Crippen molar-refractivity contribution < 1.29 is 9.59 Å². The zero-order chi connectivity index (χ0) is 22.9. The Morgan fingerprint density at radius 1 is 0.710 bits per heavy atom. The molecule has 0 heterocycles. The highest BCUT2D eigenvalue weighted by Gasteiger charge is 2.57. The summed E-state index contributed by atoms with van der Waals surface area (Å²) in [6, 6.07) is 4.46. The lowest BCUT2D eigenvalue weighted by atomic mass is 9.71. The molecule has 2 aromatic carbocycles. The van der Waals surface area contributed by atoms with E-state index in [9.17, 15) is 9.59 Å². The lowest BCUT2D eigenvalue weighted by Crippen LogP contribution is -2.27. The Morgan fingerprint density at radius 3 is 1.68 bits per heavy atom. The van der Waals surface area contributed by atoms with Gasteiger partial charge in [-0.3, -0.25) is 0 Å². The molecular formula is C27H30N2O2. The van der Waals surface area contributed by atoms with Crippen LogP contribution in [0.2, 0.25) is 0 Å². The van der Waals surface area contributed by atoms with Crippen molar-refractivity contribution in [1.82, 2.24) is 0 Å². The zero-order valence-electron chi connectivity index (χ0n) is 19.8. The standard InChI is InChI=1S/C27H30N2O2/c1-15-9-19-22(18(4)24(15)29-14-31)27(11-25(19,5)6)12-26(7,8)21-17(3)23(28-13-30)16(2)10-20(21)27/h9-10H,11-12H2,1-8H3. The normalized spacial score (nSPS) is 21.9. The number of benzene rings is 2. The predicted octanol–water partition coefficient (Wildman–Crippen LogP) is 6.50. The van der Waals surface area contributed by atoms with Gasteiger partial charge in [-0.2, -0.15) is 9.98 Å². The summed E-state index contributed by atoms with van der Waals surface area (Å²) in [7, 11) is 0. The van der Waals surface area contributed by atoms with Crippen LogP contribution >= 0.6 is 0 Å². The van der Waals surface area contributed by atoms with Gasteiger partial charge in [0.05, 0.1) is 11.4 Å². The second-order valence-corrected chi connectivity index (χ2v) is 10.8. The fourth-order valence-electron chi connectivity index (χ4n) is 7.04. The van der Waals surface area contributed by atoms with E-state index in [0.717, 1.165) is 46.5 Å². The SMILES string of the molecule is Cc1cc2c(c(C)c1N=C=O)C(C)(C)CC21CC(C)(C)c2cc(C)c(N=C=O)c(C)c21. The molecule has 4 nitrogen and oxygen atoms in total. The number of aryl methyl sites for hydroxylation is 2. The molecule has 0 aromatic heterocycles. The van der Waals surface area contributed by atoms with E-state index in [1.54, 1.807) is 12.2 Å². The van der Waals surface area contributed by atoms with Gasteiger partial charge in [0.25, 0.3) is 0 Å². The number of aliphatic imine (C=N–C) groups is 2. The average Bonchev–Trinajstić information content (AvgIpc) is 3.01. The molecule has 4 rings (SSSR count). The Kier molecular flexibility index (Phi) is 4.56. The minimum Gasteiger partial charge on any atom is -0.211 e. The van der Waals surface area contributed by atoms with Gasteiger partial charge in [0.2, 0.25) is 12.2 Å². The third kappa shape index (κ3) is 2.75. The number of hydrogen-bond acceptors (Lipinski definition) is 4. The predicted molar refractivity (Wildman–Crippen MR) is 123 cm³/mol. The molecule has 4 heteroatoms. The third-order valence-corrected chi connectivity index (χ3v) is 7.67. The molecule has 0 fully saturated rings. The summed E-state index contributed by atoms with van der Waals surface area (Å²) >= 11 is 0. The van der Waals surface area contributed by atoms with E-state index >= 15 is 0 Å². The molecule has 0 aliphatic heterocycles. The second-order valence-electron chi connectivity index (χ2n) is 10.8. The molecule has 2 aliphatic rings. The first-order valence-electron chi connectivity index (χ1n) is 10.9. The molecule has 160 valence electrons. The summed E-state index contributed by atoms with van der Waals surface area (Å²) in [4.78, 5) is 30.4. The molecule has 0 bridgehead atoms. The molecule has 2 aliphatic carbocycles. The van der Waals surface area contributed by atoms with Gasteiger partial charge < -0.3 is 0 Å². The van der Waals surface area contributed by atoms with Crippen LogP contribution in [-0.2, 0) is 25.8 Å². The third-order valence-electron chi connectivity index (χ3n) is 7.67. The first-order chi connectivity index (χ1) is 14.4. The van der Waals surface area contributed by atoms with Gasteiger partial charge in [-0.25, -0.2) is 9.59 Å². The minimum atomic E-state index is -0.165. The summed E-state index contributed by atoms with van der Waals surface area (Å²) < 4.78 is 0. The summed E-state index contributed by atoms with van der Waals surface area (Å²) in [5.74, 6) is 0. The van der Waals surface area contributed by atoms with Crippen molar-refractivity contribution in [2.75, 3.05) is 0 Å². The van der Waals surface area contributed by atoms with Crippen molar-refractivity contribution in [3.8, 4) is 0 Å². The number of carbonyl (C=O) groups excluding carboxylic acids is 2. The number of nitrogens with zero attached hydrogens (tertiary/aromatic N) is 2. The van der Waals surface area contributed by atoms with E-state index in [2.05, 4.69) is 63.7 Å². The van der Waals surface area contributed by atoms with Crippen LogP contribution in [0.1, 0.15) is 85.0 Å².